The van der Waals surface area contributed by atoms with Crippen LogP contribution in [0.4, 0.5) is 10.8 Å². The molecule has 0 unspecified atom stereocenters. The molecule has 0 amide bonds. The Labute approximate surface area is 191 Å². The minimum Gasteiger partial charge on any atom is -0.497 e. The van der Waals surface area contributed by atoms with E-state index in [1.54, 1.807) is 14.0 Å². The van der Waals surface area contributed by atoms with Crippen LogP contribution < -0.4 is 9.47 Å². The first-order valence-electron chi connectivity index (χ1n) is 10.5. The molecule has 0 aliphatic carbocycles. The average Bonchev–Trinajstić information content (AvgIpc) is 3.22. The summed E-state index contributed by atoms with van der Waals surface area (Å²) < 4.78 is 17.1. The summed E-state index contributed by atoms with van der Waals surface area (Å²) in [5.74, 6) is 1.27. The van der Waals surface area contributed by atoms with Gasteiger partial charge in [0.05, 0.1) is 36.2 Å². The maximum atomic E-state index is 11.3. The molecule has 0 aliphatic heterocycles. The number of ether oxygens (including phenoxy) is 3. The van der Waals surface area contributed by atoms with Crippen LogP contribution in [0.3, 0.4) is 0 Å². The summed E-state index contributed by atoms with van der Waals surface area (Å²) in [6.45, 7) is 6.28. The van der Waals surface area contributed by atoms with Crippen molar-refractivity contribution in [2.24, 2.45) is 10.2 Å². The van der Waals surface area contributed by atoms with Gasteiger partial charge in [0.2, 0.25) is 5.13 Å². The van der Waals surface area contributed by atoms with Crippen molar-refractivity contribution in [2.75, 3.05) is 20.3 Å². The smallest absolute Gasteiger partial charge is 0.333 e. The van der Waals surface area contributed by atoms with Gasteiger partial charge in [-0.25, -0.2) is 9.78 Å². The molecule has 7 nitrogen and oxygen atoms in total. The first-order valence-corrected chi connectivity index (χ1v) is 11.3. The second-order valence-electron chi connectivity index (χ2n) is 7.20. The average molecular weight is 454 g/mol. The van der Waals surface area contributed by atoms with Crippen molar-refractivity contribution in [1.29, 1.82) is 0 Å². The molecule has 2 aromatic carbocycles. The van der Waals surface area contributed by atoms with E-state index in [-0.39, 0.29) is 5.97 Å². The fourth-order valence-electron chi connectivity index (χ4n) is 2.81. The molecule has 3 aromatic rings. The zero-order valence-electron chi connectivity index (χ0n) is 18.4. The molecule has 1 aromatic heterocycles. The highest BCUT2D eigenvalue weighted by Gasteiger charge is 2.05. The summed E-state index contributed by atoms with van der Waals surface area (Å²) in [7, 11) is 1.64. The molecule has 1 heterocycles. The summed E-state index contributed by atoms with van der Waals surface area (Å²) in [5, 5.41) is 9.11. The van der Waals surface area contributed by atoms with E-state index in [2.05, 4.69) is 21.8 Å². The van der Waals surface area contributed by atoms with Crippen molar-refractivity contribution in [3.05, 3.63) is 54.6 Å². The second-order valence-corrected chi connectivity index (χ2v) is 8.21. The molecule has 0 radical (unpaired) electrons. The largest absolute Gasteiger partial charge is 0.497 e. The third-order valence-electron chi connectivity index (χ3n) is 4.56. The highest BCUT2D eigenvalue weighted by atomic mass is 32.1. The quantitative estimate of drug-likeness (QED) is 0.131. The molecule has 168 valence electrons. The molecule has 0 bridgehead atoms. The van der Waals surface area contributed by atoms with Crippen molar-refractivity contribution in [3.8, 4) is 11.5 Å². The molecule has 0 atom stereocenters. The van der Waals surface area contributed by atoms with Gasteiger partial charge in [-0.05, 0) is 75.1 Å². The lowest BCUT2D eigenvalue weighted by Crippen LogP contribution is -2.06. The number of nitrogens with zero attached hydrogens (tertiary/aromatic N) is 3. The molecular formula is C24H27N3O4S. The van der Waals surface area contributed by atoms with Crippen molar-refractivity contribution in [2.45, 2.75) is 32.6 Å². The summed E-state index contributed by atoms with van der Waals surface area (Å²) in [6, 6.07) is 13.2. The Kier molecular flexibility index (Phi) is 8.74. The van der Waals surface area contributed by atoms with Crippen LogP contribution in [0.1, 0.15) is 32.6 Å². The molecule has 0 N–H and O–H groups in total. The van der Waals surface area contributed by atoms with Gasteiger partial charge in [-0.3, -0.25) is 0 Å². The topological polar surface area (TPSA) is 82.4 Å². The van der Waals surface area contributed by atoms with Gasteiger partial charge in [0.25, 0.3) is 0 Å². The van der Waals surface area contributed by atoms with Crippen LogP contribution in [-0.4, -0.2) is 31.3 Å². The Morgan fingerprint density at radius 1 is 1.00 bits per heavy atom. The summed E-state index contributed by atoms with van der Waals surface area (Å²) in [4.78, 5) is 15.7. The molecule has 0 spiro atoms. The van der Waals surface area contributed by atoms with Crippen molar-refractivity contribution in [1.82, 2.24) is 4.98 Å². The lowest BCUT2D eigenvalue weighted by atomic mass is 10.2. The Morgan fingerprint density at radius 3 is 2.44 bits per heavy atom. The van der Waals surface area contributed by atoms with Crippen LogP contribution in [0.5, 0.6) is 11.5 Å². The van der Waals surface area contributed by atoms with Gasteiger partial charge in [0.15, 0.2) is 0 Å². The zero-order chi connectivity index (χ0) is 22.8. The van der Waals surface area contributed by atoms with Crippen molar-refractivity contribution >= 4 is 38.3 Å². The Bertz CT molecular complexity index is 1080. The number of esters is 1. The zero-order valence-corrected chi connectivity index (χ0v) is 19.2. The standard InChI is InChI=1S/C24H27N3O4S/c1-17(2)23(28)31-15-7-5-4-6-14-30-19-10-8-18(9-11-19)26-27-24-25-21-13-12-20(29-3)16-22(21)32-24/h8-13,16H,1,4-7,14-15H2,2-3H3. The predicted octanol–water partition coefficient (Wildman–Crippen LogP) is 6.78. The third-order valence-corrected chi connectivity index (χ3v) is 5.46. The molecule has 32 heavy (non-hydrogen) atoms. The number of methoxy groups -OCH3 is 1. The van der Waals surface area contributed by atoms with Crippen LogP contribution in [0.25, 0.3) is 10.2 Å². The van der Waals surface area contributed by atoms with Gasteiger partial charge in [0.1, 0.15) is 11.5 Å². The number of rotatable bonds is 12. The third kappa shape index (κ3) is 7.16. The van der Waals surface area contributed by atoms with Gasteiger partial charge in [0, 0.05) is 5.57 Å². The Morgan fingerprint density at radius 2 is 1.72 bits per heavy atom. The maximum Gasteiger partial charge on any atom is 0.333 e. The summed E-state index contributed by atoms with van der Waals surface area (Å²) in [5.41, 5.74) is 2.04. The summed E-state index contributed by atoms with van der Waals surface area (Å²) in [6.07, 6.45) is 3.80. The van der Waals surface area contributed by atoms with Gasteiger partial charge < -0.3 is 14.2 Å². The van der Waals surface area contributed by atoms with Crippen LogP contribution in [0.2, 0.25) is 0 Å². The molecular weight excluding hydrogens is 426 g/mol. The van der Waals surface area contributed by atoms with Gasteiger partial charge in [-0.2, -0.15) is 0 Å². The number of thiazole rings is 1. The van der Waals surface area contributed by atoms with Gasteiger partial charge in [-0.15, -0.1) is 10.2 Å². The van der Waals surface area contributed by atoms with E-state index in [0.29, 0.717) is 23.9 Å². The van der Waals surface area contributed by atoms with Crippen LogP contribution in [0.15, 0.2) is 64.8 Å². The molecule has 0 fully saturated rings. The SMILES string of the molecule is C=C(C)C(=O)OCCCCCCOc1ccc(N=Nc2nc3ccc(OC)cc3s2)cc1. The molecule has 3 rings (SSSR count). The number of azo groups is 1. The predicted molar refractivity (Wildman–Crippen MR) is 127 cm³/mol. The lowest BCUT2D eigenvalue weighted by molar-refractivity contribution is -0.139. The maximum absolute atomic E-state index is 11.3. The summed E-state index contributed by atoms with van der Waals surface area (Å²) >= 11 is 1.47. The van der Waals surface area contributed by atoms with E-state index in [1.807, 2.05) is 42.5 Å². The number of aromatic nitrogens is 1. The van der Waals surface area contributed by atoms with E-state index in [1.165, 1.54) is 11.3 Å². The lowest BCUT2D eigenvalue weighted by Gasteiger charge is -2.06. The number of benzene rings is 2. The first kappa shape index (κ1) is 23.4. The second kappa shape index (κ2) is 12.0. The fourth-order valence-corrected chi connectivity index (χ4v) is 3.62. The van der Waals surface area contributed by atoms with E-state index in [4.69, 9.17) is 14.2 Å². The number of hydrogen-bond acceptors (Lipinski definition) is 8. The number of hydrogen-bond donors (Lipinski definition) is 0. The minimum absolute atomic E-state index is 0.322. The molecule has 0 saturated heterocycles. The van der Waals surface area contributed by atoms with E-state index in [9.17, 15) is 4.79 Å². The van der Waals surface area contributed by atoms with Crippen LogP contribution >= 0.6 is 11.3 Å². The highest BCUT2D eigenvalue weighted by molar-refractivity contribution is 7.21. The monoisotopic (exact) mass is 453 g/mol. The molecule has 0 aliphatic rings. The Balaban J connectivity index is 1.37. The Hall–Kier alpha value is -3.26. The van der Waals surface area contributed by atoms with Crippen LogP contribution in [0, 0.1) is 0 Å². The van der Waals surface area contributed by atoms with Gasteiger partial charge in [-0.1, -0.05) is 17.9 Å². The molecule has 8 heteroatoms. The highest BCUT2D eigenvalue weighted by Crippen LogP contribution is 2.32. The molecule has 0 saturated carbocycles. The number of unbranched alkanes of at least 4 members (excludes halogenated alkanes) is 3. The number of carbonyl (C=O) groups is 1. The normalized spacial score (nSPS) is 11.1. The first-order chi connectivity index (χ1) is 15.5. The van der Waals surface area contributed by atoms with Gasteiger partial charge >= 0.3 is 5.97 Å². The van der Waals surface area contributed by atoms with Crippen molar-refractivity contribution < 1.29 is 19.0 Å². The number of fused-ring (bicyclic) bond motifs is 1. The van der Waals surface area contributed by atoms with E-state index >= 15 is 0 Å². The van der Waals surface area contributed by atoms with E-state index in [0.717, 1.165) is 53.1 Å². The fraction of sp³-hybridized carbons (Fsp3) is 0.333. The van der Waals surface area contributed by atoms with Crippen LogP contribution in [-0.2, 0) is 9.53 Å². The van der Waals surface area contributed by atoms with E-state index < -0.39 is 0 Å². The number of carbonyl (C=O) groups excluding carboxylic acids is 1. The minimum atomic E-state index is -0.322. The van der Waals surface area contributed by atoms with Crippen molar-refractivity contribution in [3.63, 3.8) is 0 Å².